The molecule has 1 saturated carbocycles. The Morgan fingerprint density at radius 2 is 1.94 bits per heavy atom. The number of halogens is 1. The minimum atomic E-state index is 0.330. The average Bonchev–Trinajstić information content (AvgIpc) is 2.35. The van der Waals surface area contributed by atoms with E-state index < -0.39 is 0 Å². The highest BCUT2D eigenvalue weighted by Gasteiger charge is 2.28. The SMILES string of the molecule is CC1CCCC(N[C@H](C)c2ccccc2Cl)C1C. The van der Waals surface area contributed by atoms with E-state index in [2.05, 4.69) is 38.2 Å². The molecule has 1 aromatic carbocycles. The summed E-state index contributed by atoms with van der Waals surface area (Å²) in [4.78, 5) is 0. The predicted molar refractivity (Wildman–Crippen MR) is 79.0 cm³/mol. The van der Waals surface area contributed by atoms with Crippen LogP contribution in [0.3, 0.4) is 0 Å². The van der Waals surface area contributed by atoms with Gasteiger partial charge >= 0.3 is 0 Å². The number of hydrogen-bond donors (Lipinski definition) is 1. The largest absolute Gasteiger partial charge is 0.307 e. The van der Waals surface area contributed by atoms with Gasteiger partial charge in [0.25, 0.3) is 0 Å². The van der Waals surface area contributed by atoms with Crippen LogP contribution < -0.4 is 5.32 Å². The first-order chi connectivity index (χ1) is 8.59. The smallest absolute Gasteiger partial charge is 0.0453 e. The van der Waals surface area contributed by atoms with Crippen molar-refractivity contribution >= 4 is 11.6 Å². The normalized spacial score (nSPS) is 30.1. The zero-order valence-corrected chi connectivity index (χ0v) is 12.4. The molecule has 100 valence electrons. The van der Waals surface area contributed by atoms with E-state index in [4.69, 9.17) is 11.6 Å². The molecule has 1 fully saturated rings. The number of rotatable bonds is 3. The quantitative estimate of drug-likeness (QED) is 0.827. The van der Waals surface area contributed by atoms with Crippen LogP contribution in [0.15, 0.2) is 24.3 Å². The van der Waals surface area contributed by atoms with Gasteiger partial charge < -0.3 is 5.32 Å². The Hall–Kier alpha value is -0.530. The van der Waals surface area contributed by atoms with Crippen LogP contribution in [0.5, 0.6) is 0 Å². The van der Waals surface area contributed by atoms with Crippen LogP contribution in [-0.2, 0) is 0 Å². The molecule has 0 spiro atoms. The number of nitrogens with one attached hydrogen (secondary N) is 1. The molecule has 2 heteroatoms. The van der Waals surface area contributed by atoms with Gasteiger partial charge in [-0.3, -0.25) is 0 Å². The van der Waals surface area contributed by atoms with Gasteiger partial charge in [-0.2, -0.15) is 0 Å². The summed E-state index contributed by atoms with van der Waals surface area (Å²) in [5.74, 6) is 1.58. The summed E-state index contributed by atoms with van der Waals surface area (Å²) >= 11 is 6.26. The second-order valence-electron chi connectivity index (χ2n) is 5.78. The van der Waals surface area contributed by atoms with Crippen LogP contribution in [0.25, 0.3) is 0 Å². The summed E-state index contributed by atoms with van der Waals surface area (Å²) < 4.78 is 0. The maximum absolute atomic E-state index is 6.26. The van der Waals surface area contributed by atoms with Gasteiger partial charge in [0.15, 0.2) is 0 Å². The van der Waals surface area contributed by atoms with E-state index in [0.29, 0.717) is 12.1 Å². The van der Waals surface area contributed by atoms with Gasteiger partial charge in [-0.25, -0.2) is 0 Å². The summed E-state index contributed by atoms with van der Waals surface area (Å²) in [6.07, 6.45) is 4.01. The average molecular weight is 266 g/mol. The minimum Gasteiger partial charge on any atom is -0.307 e. The van der Waals surface area contributed by atoms with Crippen LogP contribution in [0.4, 0.5) is 0 Å². The molecule has 1 aromatic rings. The number of benzene rings is 1. The summed E-state index contributed by atoms with van der Waals surface area (Å²) in [5, 5.41) is 4.64. The molecule has 0 bridgehead atoms. The van der Waals surface area contributed by atoms with E-state index in [9.17, 15) is 0 Å². The van der Waals surface area contributed by atoms with E-state index in [0.717, 1.165) is 16.9 Å². The van der Waals surface area contributed by atoms with Crippen molar-refractivity contribution in [2.75, 3.05) is 0 Å². The summed E-state index contributed by atoms with van der Waals surface area (Å²) in [6, 6.07) is 9.10. The minimum absolute atomic E-state index is 0.330. The molecule has 1 aliphatic rings. The van der Waals surface area contributed by atoms with Crippen molar-refractivity contribution in [3.8, 4) is 0 Å². The summed E-state index contributed by atoms with van der Waals surface area (Å²) in [6.45, 7) is 6.96. The first-order valence-electron chi connectivity index (χ1n) is 7.10. The lowest BCUT2D eigenvalue weighted by Crippen LogP contribution is -2.41. The van der Waals surface area contributed by atoms with Gasteiger partial charge in [-0.15, -0.1) is 0 Å². The van der Waals surface area contributed by atoms with Crippen molar-refractivity contribution in [3.05, 3.63) is 34.9 Å². The van der Waals surface area contributed by atoms with Gasteiger partial charge in [-0.1, -0.05) is 56.5 Å². The molecule has 18 heavy (non-hydrogen) atoms. The zero-order chi connectivity index (χ0) is 13.1. The van der Waals surface area contributed by atoms with Crippen molar-refractivity contribution in [2.45, 2.75) is 52.1 Å². The van der Waals surface area contributed by atoms with Crippen LogP contribution in [-0.4, -0.2) is 6.04 Å². The Morgan fingerprint density at radius 3 is 2.67 bits per heavy atom. The summed E-state index contributed by atoms with van der Waals surface area (Å²) in [7, 11) is 0. The van der Waals surface area contributed by atoms with E-state index in [-0.39, 0.29) is 0 Å². The monoisotopic (exact) mass is 265 g/mol. The van der Waals surface area contributed by atoms with Crippen LogP contribution >= 0.6 is 11.6 Å². The molecule has 1 nitrogen and oxygen atoms in total. The fourth-order valence-corrected chi connectivity index (χ4v) is 3.35. The van der Waals surface area contributed by atoms with Crippen LogP contribution in [0.1, 0.15) is 51.6 Å². The second kappa shape index (κ2) is 6.08. The van der Waals surface area contributed by atoms with Crippen molar-refractivity contribution in [1.29, 1.82) is 0 Å². The third-order valence-electron chi connectivity index (χ3n) is 4.54. The van der Waals surface area contributed by atoms with Crippen molar-refractivity contribution in [2.24, 2.45) is 11.8 Å². The van der Waals surface area contributed by atoms with Gasteiger partial charge in [0.1, 0.15) is 0 Å². The molecule has 3 unspecified atom stereocenters. The zero-order valence-electron chi connectivity index (χ0n) is 11.6. The molecule has 0 saturated heterocycles. The topological polar surface area (TPSA) is 12.0 Å². The Balaban J connectivity index is 2.03. The molecule has 0 aliphatic heterocycles. The lowest BCUT2D eigenvalue weighted by Gasteiger charge is -2.36. The Morgan fingerprint density at radius 1 is 1.22 bits per heavy atom. The lowest BCUT2D eigenvalue weighted by molar-refractivity contribution is 0.196. The lowest BCUT2D eigenvalue weighted by atomic mass is 9.77. The molecular formula is C16H24ClN. The maximum Gasteiger partial charge on any atom is 0.0453 e. The standard InChI is InChI=1S/C16H24ClN/c1-11-7-6-10-16(12(11)2)18-13(3)14-8-4-5-9-15(14)17/h4-5,8-9,11-13,16,18H,6-7,10H2,1-3H3/t11?,12?,13-,16?/m1/s1. The Kier molecular flexibility index (Phi) is 4.69. The molecule has 0 aromatic heterocycles. The van der Waals surface area contributed by atoms with E-state index in [1.807, 2.05) is 12.1 Å². The molecule has 0 amide bonds. The highest BCUT2D eigenvalue weighted by molar-refractivity contribution is 6.31. The van der Waals surface area contributed by atoms with Crippen LogP contribution in [0, 0.1) is 11.8 Å². The Labute approximate surface area is 116 Å². The van der Waals surface area contributed by atoms with Crippen molar-refractivity contribution in [3.63, 3.8) is 0 Å². The van der Waals surface area contributed by atoms with Gasteiger partial charge in [0.05, 0.1) is 0 Å². The fraction of sp³-hybridized carbons (Fsp3) is 0.625. The molecule has 0 radical (unpaired) electrons. The first-order valence-corrected chi connectivity index (χ1v) is 7.48. The van der Waals surface area contributed by atoms with Crippen molar-refractivity contribution < 1.29 is 0 Å². The molecule has 4 atom stereocenters. The predicted octanol–water partition coefficient (Wildman–Crippen LogP) is 4.82. The number of hydrogen-bond acceptors (Lipinski definition) is 1. The van der Waals surface area contributed by atoms with Gasteiger partial charge in [-0.05, 0) is 36.8 Å². The molecule has 1 aliphatic carbocycles. The third-order valence-corrected chi connectivity index (χ3v) is 4.89. The highest BCUT2D eigenvalue weighted by atomic mass is 35.5. The van der Waals surface area contributed by atoms with E-state index in [1.165, 1.54) is 24.8 Å². The van der Waals surface area contributed by atoms with Gasteiger partial charge in [0.2, 0.25) is 0 Å². The second-order valence-corrected chi connectivity index (χ2v) is 6.19. The highest BCUT2D eigenvalue weighted by Crippen LogP contribution is 2.32. The summed E-state index contributed by atoms with van der Waals surface area (Å²) in [5.41, 5.74) is 1.21. The van der Waals surface area contributed by atoms with E-state index in [1.54, 1.807) is 0 Å². The first kappa shape index (κ1) is 13.9. The van der Waals surface area contributed by atoms with Gasteiger partial charge in [0, 0.05) is 17.1 Å². The fourth-order valence-electron chi connectivity index (χ4n) is 3.05. The molecular weight excluding hydrogens is 242 g/mol. The molecule has 0 heterocycles. The van der Waals surface area contributed by atoms with Crippen LogP contribution in [0.2, 0.25) is 5.02 Å². The molecule has 2 rings (SSSR count). The maximum atomic E-state index is 6.26. The van der Waals surface area contributed by atoms with E-state index >= 15 is 0 Å². The Bertz CT molecular complexity index is 390. The van der Waals surface area contributed by atoms with Crippen molar-refractivity contribution in [1.82, 2.24) is 5.32 Å². The molecule has 1 N–H and O–H groups in total. The third kappa shape index (κ3) is 3.07.